The molecule has 2 aliphatic rings. The van der Waals surface area contributed by atoms with Crippen molar-refractivity contribution in [2.75, 3.05) is 31.1 Å². The first kappa shape index (κ1) is 24.6. The third-order valence-electron chi connectivity index (χ3n) is 6.19. The van der Waals surface area contributed by atoms with Crippen LogP contribution >= 0.6 is 15.9 Å². The molecule has 1 N–H and O–H groups in total. The number of halogens is 4. The number of hydrogen-bond acceptors (Lipinski definition) is 9. The molecule has 14 heteroatoms. The third-order valence-corrected chi connectivity index (χ3v) is 6.65. The molecule has 1 saturated heterocycles. The molecule has 1 aromatic carbocycles. The van der Waals surface area contributed by atoms with Crippen LogP contribution in [0.2, 0.25) is 0 Å². The Labute approximate surface area is 213 Å². The first-order valence-corrected chi connectivity index (χ1v) is 12.1. The van der Waals surface area contributed by atoms with Crippen molar-refractivity contribution < 1.29 is 18.3 Å². The van der Waals surface area contributed by atoms with E-state index < -0.39 is 29.8 Å². The van der Waals surface area contributed by atoms with E-state index in [-0.39, 0.29) is 11.4 Å². The summed E-state index contributed by atoms with van der Waals surface area (Å²) in [6.07, 6.45) is 1.86. The van der Waals surface area contributed by atoms with Gasteiger partial charge < -0.3 is 10.0 Å². The molecule has 190 valence electrons. The maximum atomic E-state index is 14.5. The molecular weight excluding hydrogens is 543 g/mol. The van der Waals surface area contributed by atoms with Crippen LogP contribution < -0.4 is 4.90 Å². The molecule has 2 aromatic heterocycles. The van der Waals surface area contributed by atoms with Crippen LogP contribution in [0.1, 0.15) is 29.7 Å². The third kappa shape index (κ3) is 4.55. The summed E-state index contributed by atoms with van der Waals surface area (Å²) in [5.41, 5.74) is 0.114. The Kier molecular flexibility index (Phi) is 6.66. The first-order chi connectivity index (χ1) is 17.2. The van der Waals surface area contributed by atoms with Crippen molar-refractivity contribution in [1.29, 1.82) is 0 Å². The number of anilines is 1. The van der Waals surface area contributed by atoms with Gasteiger partial charge in [0.15, 0.2) is 23.3 Å². The summed E-state index contributed by atoms with van der Waals surface area (Å²) < 4.78 is 44.7. The van der Waals surface area contributed by atoms with E-state index in [0.717, 1.165) is 12.3 Å². The minimum Gasteiger partial charge on any atom is -0.360 e. The molecule has 0 spiro atoms. The zero-order chi connectivity index (χ0) is 25.6. The summed E-state index contributed by atoms with van der Waals surface area (Å²) in [6, 6.07) is 1.91. The standard InChI is InChI=1S/C22H23BrF3N9O/c1-12-29-13(2)34(31-12)20-17(25)11-27-21(30-20)32-5-7-33(8-6-32)22(36)35-18(3-4-28-35)15-9-14(23)10-16(24)19(15)26/h4,9-11,18,22,36H,3,5-8H2,1-2H3. The highest BCUT2D eigenvalue weighted by atomic mass is 79.9. The van der Waals surface area contributed by atoms with Crippen LogP contribution in [0.4, 0.5) is 19.1 Å². The molecule has 10 nitrogen and oxygen atoms in total. The average molecular weight is 566 g/mol. The normalized spacial score (nSPS) is 19.4. The number of aliphatic hydroxyl groups excluding tert-OH is 1. The Morgan fingerprint density at radius 2 is 1.81 bits per heavy atom. The topological polar surface area (TPSA) is 98.8 Å². The summed E-state index contributed by atoms with van der Waals surface area (Å²) >= 11 is 3.20. The van der Waals surface area contributed by atoms with Gasteiger partial charge in [0.1, 0.15) is 11.6 Å². The molecule has 0 saturated carbocycles. The van der Waals surface area contributed by atoms with Crippen LogP contribution in [0.25, 0.3) is 5.82 Å². The van der Waals surface area contributed by atoms with Crippen molar-refractivity contribution in [2.45, 2.75) is 32.7 Å². The average Bonchev–Trinajstić information content (AvgIpc) is 3.47. The molecule has 5 rings (SSSR count). The molecule has 4 heterocycles. The van der Waals surface area contributed by atoms with Crippen LogP contribution in [0.3, 0.4) is 0 Å². The highest BCUT2D eigenvalue weighted by molar-refractivity contribution is 9.10. The lowest BCUT2D eigenvalue weighted by atomic mass is 10.0. The van der Waals surface area contributed by atoms with Crippen molar-refractivity contribution in [1.82, 2.24) is 34.6 Å². The molecule has 0 aliphatic carbocycles. The highest BCUT2D eigenvalue weighted by Gasteiger charge is 2.35. The van der Waals surface area contributed by atoms with Crippen molar-refractivity contribution >= 4 is 28.1 Å². The van der Waals surface area contributed by atoms with Crippen LogP contribution in [-0.4, -0.2) is 78.5 Å². The molecule has 0 radical (unpaired) electrons. The van der Waals surface area contributed by atoms with E-state index in [0.29, 0.717) is 54.7 Å². The number of nitrogens with zero attached hydrogens (tertiary/aromatic N) is 9. The van der Waals surface area contributed by atoms with E-state index in [2.05, 4.69) is 41.1 Å². The van der Waals surface area contributed by atoms with Gasteiger partial charge in [-0.15, -0.1) is 5.10 Å². The monoisotopic (exact) mass is 565 g/mol. The largest absolute Gasteiger partial charge is 0.360 e. The fourth-order valence-electron chi connectivity index (χ4n) is 4.43. The van der Waals surface area contributed by atoms with Crippen molar-refractivity contribution in [2.24, 2.45) is 5.10 Å². The molecule has 1 fully saturated rings. The highest BCUT2D eigenvalue weighted by Crippen LogP contribution is 2.34. The van der Waals surface area contributed by atoms with Crippen LogP contribution in [0, 0.1) is 31.3 Å². The van der Waals surface area contributed by atoms with Gasteiger partial charge in [-0.3, -0.25) is 4.90 Å². The van der Waals surface area contributed by atoms with Gasteiger partial charge >= 0.3 is 0 Å². The number of rotatable bonds is 5. The lowest BCUT2D eigenvalue weighted by Crippen LogP contribution is -2.55. The zero-order valence-corrected chi connectivity index (χ0v) is 21.1. The SMILES string of the molecule is Cc1nc(C)n(-c2nc(N3CCN(C(O)N4N=CCC4c4cc(Br)cc(F)c4F)CC3)ncc2F)n1. The quantitative estimate of drug-likeness (QED) is 0.471. The van der Waals surface area contributed by atoms with Gasteiger partial charge in [0.05, 0.1) is 12.2 Å². The fraction of sp³-hybridized carbons (Fsp3) is 0.409. The van der Waals surface area contributed by atoms with Crippen molar-refractivity contribution in [3.63, 3.8) is 0 Å². The smallest absolute Gasteiger partial charge is 0.227 e. The lowest BCUT2D eigenvalue weighted by Gasteiger charge is -2.41. The van der Waals surface area contributed by atoms with Crippen LogP contribution in [-0.2, 0) is 0 Å². The van der Waals surface area contributed by atoms with Crippen LogP contribution in [0.15, 0.2) is 27.9 Å². The number of hydrogen-bond donors (Lipinski definition) is 1. The number of piperazine rings is 1. The summed E-state index contributed by atoms with van der Waals surface area (Å²) in [6.45, 7) is 5.13. The lowest BCUT2D eigenvalue weighted by molar-refractivity contribution is -0.127. The number of aromatic nitrogens is 5. The van der Waals surface area contributed by atoms with Gasteiger partial charge in [-0.25, -0.2) is 28.1 Å². The first-order valence-electron chi connectivity index (χ1n) is 11.3. The molecule has 3 aromatic rings. The van der Waals surface area contributed by atoms with E-state index in [1.807, 2.05) is 4.90 Å². The predicted molar refractivity (Wildman–Crippen MR) is 128 cm³/mol. The minimum atomic E-state index is -1.15. The van der Waals surface area contributed by atoms with Gasteiger partial charge in [0.2, 0.25) is 12.3 Å². The van der Waals surface area contributed by atoms with E-state index >= 15 is 0 Å². The van der Waals surface area contributed by atoms with Gasteiger partial charge in [-0.2, -0.15) is 14.8 Å². The molecule has 0 amide bonds. The Morgan fingerprint density at radius 3 is 2.50 bits per heavy atom. The minimum absolute atomic E-state index is 0.0121. The maximum absolute atomic E-state index is 14.5. The van der Waals surface area contributed by atoms with Crippen LogP contribution in [0.5, 0.6) is 0 Å². The Morgan fingerprint density at radius 1 is 1.06 bits per heavy atom. The summed E-state index contributed by atoms with van der Waals surface area (Å²) in [7, 11) is 0. The molecule has 2 aliphatic heterocycles. The summed E-state index contributed by atoms with van der Waals surface area (Å²) in [5, 5.41) is 20.9. The second kappa shape index (κ2) is 9.75. The Hall–Kier alpha value is -3.10. The maximum Gasteiger partial charge on any atom is 0.227 e. The molecule has 2 atom stereocenters. The molecule has 36 heavy (non-hydrogen) atoms. The summed E-state index contributed by atoms with van der Waals surface area (Å²) in [4.78, 5) is 16.3. The van der Waals surface area contributed by atoms with Gasteiger partial charge in [-0.1, -0.05) is 15.9 Å². The van der Waals surface area contributed by atoms with Crippen molar-refractivity contribution in [3.05, 3.63) is 57.5 Å². The van der Waals surface area contributed by atoms with Gasteiger partial charge in [0, 0.05) is 48.9 Å². The predicted octanol–water partition coefficient (Wildman–Crippen LogP) is 2.68. The number of aliphatic hydroxyl groups is 1. The molecule has 0 bridgehead atoms. The molecular formula is C22H23BrF3N9O. The van der Waals surface area contributed by atoms with Gasteiger partial charge in [-0.05, 0) is 26.0 Å². The van der Waals surface area contributed by atoms with E-state index in [1.54, 1.807) is 25.0 Å². The fourth-order valence-corrected chi connectivity index (χ4v) is 4.88. The van der Waals surface area contributed by atoms with Crippen molar-refractivity contribution in [3.8, 4) is 5.82 Å². The number of hydrazone groups is 1. The molecule has 2 unspecified atom stereocenters. The zero-order valence-electron chi connectivity index (χ0n) is 19.5. The van der Waals surface area contributed by atoms with E-state index in [9.17, 15) is 18.3 Å². The van der Waals surface area contributed by atoms with E-state index in [1.165, 1.54) is 15.8 Å². The second-order valence-corrected chi connectivity index (χ2v) is 9.47. The Bertz CT molecular complexity index is 1310. The summed E-state index contributed by atoms with van der Waals surface area (Å²) in [5.74, 6) is -1.19. The number of benzene rings is 1. The number of aryl methyl sites for hydroxylation is 2. The van der Waals surface area contributed by atoms with Gasteiger partial charge in [0.25, 0.3) is 0 Å². The van der Waals surface area contributed by atoms with E-state index in [4.69, 9.17) is 0 Å². The Balaban J connectivity index is 1.29. The second-order valence-electron chi connectivity index (χ2n) is 8.55.